The van der Waals surface area contributed by atoms with Gasteiger partial charge in [0.2, 0.25) is 0 Å². The van der Waals surface area contributed by atoms with Crippen molar-refractivity contribution in [2.24, 2.45) is 0 Å². The molecule has 0 unspecified atom stereocenters. The van der Waals surface area contributed by atoms with Crippen molar-refractivity contribution in [2.75, 3.05) is 13.6 Å². The zero-order chi connectivity index (χ0) is 9.26. The zero-order valence-corrected chi connectivity index (χ0v) is 8.59. The lowest BCUT2D eigenvalue weighted by Crippen LogP contribution is -2.17. The molecular weight excluding hydrogens is 182 g/mol. The Morgan fingerprint density at radius 3 is 2.54 bits per heavy atom. The van der Waals surface area contributed by atoms with E-state index >= 15 is 0 Å². The topological polar surface area (TPSA) is 3.24 Å². The summed E-state index contributed by atoms with van der Waals surface area (Å²) < 4.78 is 0. The van der Waals surface area contributed by atoms with Gasteiger partial charge in [-0.05, 0) is 44.1 Å². The minimum absolute atomic E-state index is 0.609. The van der Waals surface area contributed by atoms with E-state index < -0.39 is 0 Å². The molecule has 0 aromatic heterocycles. The Morgan fingerprint density at radius 1 is 1.31 bits per heavy atom. The van der Waals surface area contributed by atoms with E-state index in [0.717, 1.165) is 5.02 Å². The summed E-state index contributed by atoms with van der Waals surface area (Å²) in [6.45, 7) is 1.22. The van der Waals surface area contributed by atoms with Crippen LogP contribution in [0.1, 0.15) is 24.4 Å². The highest BCUT2D eigenvalue weighted by molar-refractivity contribution is 6.30. The van der Waals surface area contributed by atoms with E-state index in [1.165, 1.54) is 24.9 Å². The molecule has 1 aliphatic heterocycles. The molecule has 1 atom stereocenters. The summed E-state index contributed by atoms with van der Waals surface area (Å²) in [6, 6.07) is 8.83. The molecule has 0 bridgehead atoms. The fourth-order valence-corrected chi connectivity index (χ4v) is 2.14. The lowest BCUT2D eigenvalue weighted by molar-refractivity contribution is 0.317. The average Bonchev–Trinajstić information content (AvgIpc) is 2.53. The highest BCUT2D eigenvalue weighted by atomic mass is 35.5. The molecule has 1 aromatic carbocycles. The highest BCUT2D eigenvalue weighted by Crippen LogP contribution is 2.30. The third kappa shape index (κ3) is 1.87. The van der Waals surface area contributed by atoms with Gasteiger partial charge in [-0.1, -0.05) is 23.7 Å². The Kier molecular flexibility index (Phi) is 2.56. The molecule has 1 aliphatic rings. The Labute approximate surface area is 84.3 Å². The van der Waals surface area contributed by atoms with Crippen LogP contribution >= 0.6 is 11.6 Å². The average molecular weight is 196 g/mol. The van der Waals surface area contributed by atoms with Gasteiger partial charge >= 0.3 is 0 Å². The van der Waals surface area contributed by atoms with Gasteiger partial charge in [0.1, 0.15) is 0 Å². The molecule has 1 fully saturated rings. The Hall–Kier alpha value is -0.530. The molecule has 0 N–H and O–H groups in total. The fourth-order valence-electron chi connectivity index (χ4n) is 2.02. The van der Waals surface area contributed by atoms with Gasteiger partial charge in [0.25, 0.3) is 0 Å². The second-order valence-corrected chi connectivity index (χ2v) is 4.13. The first kappa shape index (κ1) is 9.04. The maximum Gasteiger partial charge on any atom is 0.0406 e. The second-order valence-electron chi connectivity index (χ2n) is 3.69. The summed E-state index contributed by atoms with van der Waals surface area (Å²) >= 11 is 5.84. The smallest absolute Gasteiger partial charge is 0.0406 e. The quantitative estimate of drug-likeness (QED) is 0.666. The SMILES string of the molecule is CN1CCC[C@@H]1c1ccc(Cl)cc1. The number of hydrogen-bond acceptors (Lipinski definition) is 1. The van der Waals surface area contributed by atoms with Gasteiger partial charge in [0.05, 0.1) is 0 Å². The number of benzene rings is 1. The summed E-state index contributed by atoms with van der Waals surface area (Å²) in [6.07, 6.45) is 2.59. The predicted molar refractivity (Wildman–Crippen MR) is 56.1 cm³/mol. The standard InChI is InChI=1S/C11H14ClN/c1-13-8-2-3-11(13)9-4-6-10(12)7-5-9/h4-7,11H,2-3,8H2,1H3/t11-/m1/s1. The number of likely N-dealkylation sites (tertiary alicyclic amines) is 1. The maximum atomic E-state index is 5.84. The molecule has 0 radical (unpaired) electrons. The zero-order valence-electron chi connectivity index (χ0n) is 7.83. The maximum absolute atomic E-state index is 5.84. The minimum atomic E-state index is 0.609. The number of rotatable bonds is 1. The van der Waals surface area contributed by atoms with Crippen LogP contribution in [0.3, 0.4) is 0 Å². The summed E-state index contributed by atoms with van der Waals surface area (Å²) in [5.41, 5.74) is 1.39. The molecule has 0 spiro atoms. The monoisotopic (exact) mass is 195 g/mol. The third-order valence-electron chi connectivity index (χ3n) is 2.78. The van der Waals surface area contributed by atoms with Crippen molar-refractivity contribution in [3.05, 3.63) is 34.9 Å². The van der Waals surface area contributed by atoms with Crippen LogP contribution in [0.2, 0.25) is 5.02 Å². The molecule has 13 heavy (non-hydrogen) atoms. The predicted octanol–water partition coefficient (Wildman–Crippen LogP) is 3.11. The van der Waals surface area contributed by atoms with E-state index in [2.05, 4.69) is 24.1 Å². The van der Waals surface area contributed by atoms with Crippen LogP contribution in [0.15, 0.2) is 24.3 Å². The Balaban J connectivity index is 2.20. The van der Waals surface area contributed by atoms with Gasteiger partial charge in [-0.3, -0.25) is 4.90 Å². The van der Waals surface area contributed by atoms with Crippen LogP contribution in [-0.2, 0) is 0 Å². The van der Waals surface area contributed by atoms with Crippen LogP contribution in [-0.4, -0.2) is 18.5 Å². The van der Waals surface area contributed by atoms with Crippen LogP contribution in [0.5, 0.6) is 0 Å². The largest absolute Gasteiger partial charge is 0.299 e. The van der Waals surface area contributed by atoms with Gasteiger partial charge < -0.3 is 0 Å². The van der Waals surface area contributed by atoms with Crippen LogP contribution in [0.4, 0.5) is 0 Å². The second kappa shape index (κ2) is 3.69. The molecule has 1 saturated heterocycles. The van der Waals surface area contributed by atoms with Gasteiger partial charge in [-0.2, -0.15) is 0 Å². The van der Waals surface area contributed by atoms with E-state index in [4.69, 9.17) is 11.6 Å². The van der Waals surface area contributed by atoms with Crippen molar-refractivity contribution in [1.29, 1.82) is 0 Å². The van der Waals surface area contributed by atoms with Gasteiger partial charge in [0.15, 0.2) is 0 Å². The lowest BCUT2D eigenvalue weighted by Gasteiger charge is -2.19. The Bertz CT molecular complexity index is 281. The van der Waals surface area contributed by atoms with Gasteiger partial charge in [-0.25, -0.2) is 0 Å². The highest BCUT2D eigenvalue weighted by Gasteiger charge is 2.21. The van der Waals surface area contributed by atoms with Gasteiger partial charge in [0, 0.05) is 11.1 Å². The molecule has 0 aliphatic carbocycles. The summed E-state index contributed by atoms with van der Waals surface area (Å²) in [7, 11) is 2.19. The normalized spacial score (nSPS) is 23.7. The lowest BCUT2D eigenvalue weighted by atomic mass is 10.1. The van der Waals surface area contributed by atoms with Crippen molar-refractivity contribution >= 4 is 11.6 Å². The van der Waals surface area contributed by atoms with Crippen molar-refractivity contribution in [1.82, 2.24) is 4.90 Å². The molecule has 1 heterocycles. The third-order valence-corrected chi connectivity index (χ3v) is 3.03. The summed E-state index contributed by atoms with van der Waals surface area (Å²) in [5.74, 6) is 0. The molecule has 0 amide bonds. The van der Waals surface area contributed by atoms with Crippen LogP contribution in [0.25, 0.3) is 0 Å². The van der Waals surface area contributed by atoms with Gasteiger partial charge in [-0.15, -0.1) is 0 Å². The van der Waals surface area contributed by atoms with E-state index in [0.29, 0.717) is 6.04 Å². The van der Waals surface area contributed by atoms with E-state index in [1.54, 1.807) is 0 Å². The fraction of sp³-hybridized carbons (Fsp3) is 0.455. The van der Waals surface area contributed by atoms with E-state index in [9.17, 15) is 0 Å². The van der Waals surface area contributed by atoms with Crippen LogP contribution in [0, 0.1) is 0 Å². The summed E-state index contributed by atoms with van der Waals surface area (Å²) in [5, 5.41) is 0.824. The first-order valence-corrected chi connectivity index (χ1v) is 5.11. The van der Waals surface area contributed by atoms with Crippen molar-refractivity contribution in [3.63, 3.8) is 0 Å². The number of hydrogen-bond donors (Lipinski definition) is 0. The van der Waals surface area contributed by atoms with Crippen molar-refractivity contribution in [2.45, 2.75) is 18.9 Å². The molecule has 2 rings (SSSR count). The van der Waals surface area contributed by atoms with Crippen molar-refractivity contribution < 1.29 is 0 Å². The van der Waals surface area contributed by atoms with E-state index in [-0.39, 0.29) is 0 Å². The molecule has 2 heteroatoms. The minimum Gasteiger partial charge on any atom is -0.299 e. The first-order chi connectivity index (χ1) is 6.27. The van der Waals surface area contributed by atoms with E-state index in [1.807, 2.05) is 12.1 Å². The Morgan fingerprint density at radius 2 is 2.00 bits per heavy atom. The molecule has 70 valence electrons. The molecule has 1 aromatic rings. The molecule has 1 nitrogen and oxygen atoms in total. The number of nitrogens with zero attached hydrogens (tertiary/aromatic N) is 1. The number of halogens is 1. The van der Waals surface area contributed by atoms with Crippen LogP contribution < -0.4 is 0 Å². The van der Waals surface area contributed by atoms with Crippen molar-refractivity contribution in [3.8, 4) is 0 Å². The first-order valence-electron chi connectivity index (χ1n) is 4.73. The summed E-state index contributed by atoms with van der Waals surface area (Å²) in [4.78, 5) is 2.41. The molecular formula is C11H14ClN. The molecule has 0 saturated carbocycles.